The molecule has 9 heteroatoms. The van der Waals surface area contributed by atoms with Gasteiger partial charge in [-0.25, -0.2) is 12.8 Å². The van der Waals surface area contributed by atoms with Crippen LogP contribution in [0.25, 0.3) is 10.9 Å². The summed E-state index contributed by atoms with van der Waals surface area (Å²) in [5.74, 6) is 0.210. The predicted molar refractivity (Wildman–Crippen MR) is 107 cm³/mol. The third-order valence-corrected chi connectivity index (χ3v) is 7.30. The second kappa shape index (κ2) is 6.79. The van der Waals surface area contributed by atoms with Crippen LogP contribution in [0, 0.1) is 5.82 Å². The second-order valence-electron chi connectivity index (χ2n) is 7.64. The Bertz CT molecular complexity index is 1170. The Morgan fingerprint density at radius 1 is 1.10 bits per heavy atom. The van der Waals surface area contributed by atoms with Crippen molar-refractivity contribution in [1.29, 1.82) is 0 Å². The first-order valence-corrected chi connectivity index (χ1v) is 11.1. The first-order chi connectivity index (χ1) is 13.9. The van der Waals surface area contributed by atoms with Crippen molar-refractivity contribution in [3.8, 4) is 0 Å². The fraction of sp³-hybridized carbons (Fsp3) is 0.350. The minimum Gasteiger partial charge on any atom is -0.392 e. The number of halogens is 1. The van der Waals surface area contributed by atoms with Crippen LogP contribution in [0.4, 0.5) is 15.9 Å². The van der Waals surface area contributed by atoms with Gasteiger partial charge in [-0.05, 0) is 61.7 Å². The second-order valence-corrected chi connectivity index (χ2v) is 9.58. The van der Waals surface area contributed by atoms with E-state index >= 15 is 0 Å². The summed E-state index contributed by atoms with van der Waals surface area (Å²) in [6, 6.07) is 11.3. The van der Waals surface area contributed by atoms with Gasteiger partial charge in [0.15, 0.2) is 5.82 Å². The monoisotopic (exact) mass is 416 g/mol. The van der Waals surface area contributed by atoms with E-state index in [2.05, 4.69) is 10.4 Å². The number of aliphatic hydroxyl groups is 1. The number of nitrogens with zero attached hydrogens (tertiary/aromatic N) is 3. The molecule has 1 saturated carbocycles. The summed E-state index contributed by atoms with van der Waals surface area (Å²) in [7, 11) is -3.69. The van der Waals surface area contributed by atoms with Gasteiger partial charge < -0.3 is 10.4 Å². The fourth-order valence-corrected chi connectivity index (χ4v) is 5.24. The molecule has 7 nitrogen and oxygen atoms in total. The molecular formula is C20H21FN4O3S. The summed E-state index contributed by atoms with van der Waals surface area (Å²) in [6.07, 6.45) is 1.90. The summed E-state index contributed by atoms with van der Waals surface area (Å²) in [4.78, 5) is 0.177. The van der Waals surface area contributed by atoms with E-state index in [1.54, 1.807) is 30.3 Å². The fourth-order valence-electron chi connectivity index (χ4n) is 3.72. The van der Waals surface area contributed by atoms with Gasteiger partial charge >= 0.3 is 0 Å². The molecule has 1 aliphatic heterocycles. The zero-order chi connectivity index (χ0) is 20.2. The molecule has 1 unspecified atom stereocenters. The highest BCUT2D eigenvalue weighted by Crippen LogP contribution is 2.40. The molecule has 2 aromatic carbocycles. The van der Waals surface area contributed by atoms with Gasteiger partial charge in [-0.1, -0.05) is 0 Å². The summed E-state index contributed by atoms with van der Waals surface area (Å²) < 4.78 is 42.5. The number of benzene rings is 2. The number of anilines is 2. The van der Waals surface area contributed by atoms with Gasteiger partial charge in [0, 0.05) is 24.2 Å². The molecule has 2 aliphatic rings. The maximum Gasteiger partial charge on any atom is 0.243 e. The molecule has 1 aromatic heterocycles. The number of sulfonamides is 1. The molecule has 0 amide bonds. The summed E-state index contributed by atoms with van der Waals surface area (Å²) in [6.45, 7) is 0.423. The van der Waals surface area contributed by atoms with E-state index in [0.717, 1.165) is 18.4 Å². The number of nitrogens with one attached hydrogen (secondary N) is 1. The van der Waals surface area contributed by atoms with Crippen molar-refractivity contribution in [2.45, 2.75) is 36.3 Å². The van der Waals surface area contributed by atoms with Crippen LogP contribution in [0.5, 0.6) is 0 Å². The average Bonchev–Trinajstić information content (AvgIpc) is 3.35. The lowest BCUT2D eigenvalue weighted by Crippen LogP contribution is -2.29. The zero-order valence-electron chi connectivity index (χ0n) is 15.6. The van der Waals surface area contributed by atoms with Crippen LogP contribution in [-0.4, -0.2) is 46.8 Å². The van der Waals surface area contributed by atoms with Crippen molar-refractivity contribution >= 4 is 32.4 Å². The molecule has 5 rings (SSSR count). The smallest absolute Gasteiger partial charge is 0.243 e. The Hall–Kier alpha value is -2.49. The predicted octanol–water partition coefficient (Wildman–Crippen LogP) is 3.01. The summed E-state index contributed by atoms with van der Waals surface area (Å²) in [5, 5.41) is 18.3. The number of aliphatic hydroxyl groups excluding tert-OH is 1. The van der Waals surface area contributed by atoms with Crippen molar-refractivity contribution in [2.75, 3.05) is 18.4 Å². The van der Waals surface area contributed by atoms with Gasteiger partial charge in [-0.2, -0.15) is 9.40 Å². The number of rotatable bonds is 5. The van der Waals surface area contributed by atoms with Crippen LogP contribution in [0.3, 0.4) is 0 Å². The molecule has 29 heavy (non-hydrogen) atoms. The first kappa shape index (κ1) is 18.5. The van der Waals surface area contributed by atoms with Gasteiger partial charge in [-0.3, -0.25) is 4.68 Å². The normalized spacial score (nSPS) is 20.4. The molecule has 1 atom stereocenters. The van der Waals surface area contributed by atoms with Crippen LogP contribution in [0.2, 0.25) is 0 Å². The quantitative estimate of drug-likeness (QED) is 0.668. The number of hydrogen-bond acceptors (Lipinski definition) is 5. The summed E-state index contributed by atoms with van der Waals surface area (Å²) >= 11 is 0. The number of fused-ring (bicyclic) bond motifs is 1. The Morgan fingerprint density at radius 3 is 2.52 bits per heavy atom. The van der Waals surface area contributed by atoms with Crippen molar-refractivity contribution < 1.29 is 17.9 Å². The molecule has 2 heterocycles. The van der Waals surface area contributed by atoms with Gasteiger partial charge in [0.1, 0.15) is 5.82 Å². The molecule has 1 aliphatic carbocycles. The van der Waals surface area contributed by atoms with E-state index in [1.165, 1.54) is 16.4 Å². The standard InChI is InChI=1S/C20H21FN4O3S/c21-13-1-3-14(4-2-13)22-20-18-11-17(29(27,28)24-10-9-16(26)12-24)7-8-19(18)25(23-20)15-5-6-15/h1-4,7-8,11,15-16,26H,5-6,9-10,12H2,(H,22,23). The van der Waals surface area contributed by atoms with E-state index in [9.17, 15) is 17.9 Å². The van der Waals surface area contributed by atoms with Crippen molar-refractivity contribution in [3.63, 3.8) is 0 Å². The average molecular weight is 416 g/mol. The lowest BCUT2D eigenvalue weighted by molar-refractivity contribution is 0.189. The highest BCUT2D eigenvalue weighted by molar-refractivity contribution is 7.89. The number of aromatic nitrogens is 2. The lowest BCUT2D eigenvalue weighted by Gasteiger charge is -2.16. The summed E-state index contributed by atoms with van der Waals surface area (Å²) in [5.41, 5.74) is 1.53. The lowest BCUT2D eigenvalue weighted by atomic mass is 10.2. The minimum absolute atomic E-state index is 0.113. The van der Waals surface area contributed by atoms with Crippen LogP contribution in [0.15, 0.2) is 47.4 Å². The Labute approximate surface area is 167 Å². The van der Waals surface area contributed by atoms with Crippen molar-refractivity contribution in [3.05, 3.63) is 48.3 Å². The van der Waals surface area contributed by atoms with Crippen LogP contribution < -0.4 is 5.32 Å². The maximum atomic E-state index is 13.2. The highest BCUT2D eigenvalue weighted by Gasteiger charge is 2.33. The van der Waals surface area contributed by atoms with E-state index < -0.39 is 16.1 Å². The molecule has 152 valence electrons. The van der Waals surface area contributed by atoms with Crippen molar-refractivity contribution in [2.24, 2.45) is 0 Å². The Balaban J connectivity index is 1.57. The van der Waals surface area contributed by atoms with E-state index in [0.29, 0.717) is 35.9 Å². The third kappa shape index (κ3) is 3.39. The van der Waals surface area contributed by atoms with Gasteiger partial charge in [0.2, 0.25) is 10.0 Å². The topological polar surface area (TPSA) is 87.5 Å². The maximum absolute atomic E-state index is 13.2. The van der Waals surface area contributed by atoms with E-state index in [1.807, 2.05) is 4.68 Å². The number of β-amino-alcohol motifs (C(OH)–C–C–N with tert-alkyl or cyclic N) is 1. The molecule has 0 bridgehead atoms. The van der Waals surface area contributed by atoms with Gasteiger partial charge in [-0.15, -0.1) is 0 Å². The largest absolute Gasteiger partial charge is 0.392 e. The zero-order valence-corrected chi connectivity index (χ0v) is 16.4. The van der Waals surface area contributed by atoms with E-state index in [-0.39, 0.29) is 17.3 Å². The molecule has 2 fully saturated rings. The Morgan fingerprint density at radius 2 is 1.86 bits per heavy atom. The van der Waals surface area contributed by atoms with Crippen molar-refractivity contribution in [1.82, 2.24) is 14.1 Å². The van der Waals surface area contributed by atoms with Gasteiger partial charge in [0.25, 0.3) is 0 Å². The first-order valence-electron chi connectivity index (χ1n) is 9.65. The molecule has 0 radical (unpaired) electrons. The number of hydrogen-bond donors (Lipinski definition) is 2. The van der Waals surface area contributed by atoms with Crippen LogP contribution in [-0.2, 0) is 10.0 Å². The van der Waals surface area contributed by atoms with E-state index in [4.69, 9.17) is 0 Å². The molecule has 3 aromatic rings. The van der Waals surface area contributed by atoms with Crippen LogP contribution in [0.1, 0.15) is 25.3 Å². The minimum atomic E-state index is -3.69. The molecule has 0 spiro atoms. The third-order valence-electron chi connectivity index (χ3n) is 5.44. The molecule has 1 saturated heterocycles. The highest BCUT2D eigenvalue weighted by atomic mass is 32.2. The Kier molecular flexibility index (Phi) is 4.34. The molecule has 2 N–H and O–H groups in total. The van der Waals surface area contributed by atoms with Gasteiger partial charge in [0.05, 0.1) is 22.6 Å². The van der Waals surface area contributed by atoms with Crippen LogP contribution >= 0.6 is 0 Å². The molecular weight excluding hydrogens is 395 g/mol. The SMILES string of the molecule is O=S(=O)(c1ccc2c(c1)c(Nc1ccc(F)cc1)nn2C1CC1)N1CCC(O)C1.